The fraction of sp³-hybridized carbons (Fsp3) is 0.125. The lowest BCUT2D eigenvalue weighted by atomic mass is 10.3. The molecule has 0 amide bonds. The summed E-state index contributed by atoms with van der Waals surface area (Å²) in [5.74, 6) is 0. The van der Waals surface area contributed by atoms with Gasteiger partial charge in [-0.05, 0) is 19.1 Å². The molecule has 0 aromatic carbocycles. The fourth-order valence-corrected chi connectivity index (χ4v) is 1.28. The van der Waals surface area contributed by atoms with Crippen LogP contribution in [0.4, 0.5) is 0 Å². The van der Waals surface area contributed by atoms with E-state index in [4.69, 9.17) is 11.6 Å². The first kappa shape index (κ1) is 6.68. The molecule has 0 aliphatic carbocycles. The van der Waals surface area contributed by atoms with E-state index in [1.54, 1.807) is 6.20 Å². The molecule has 0 aliphatic heterocycles. The summed E-state index contributed by atoms with van der Waals surface area (Å²) in [6.45, 7) is 1.95. The van der Waals surface area contributed by atoms with Crippen molar-refractivity contribution in [2.45, 2.75) is 6.92 Å². The molecule has 2 heterocycles. The Morgan fingerprint density at radius 2 is 2.27 bits per heavy atom. The van der Waals surface area contributed by atoms with Gasteiger partial charge in [-0.2, -0.15) is 0 Å². The fourth-order valence-electron chi connectivity index (χ4n) is 1.07. The summed E-state index contributed by atoms with van der Waals surface area (Å²) in [7, 11) is 0. The molecule has 0 unspecified atom stereocenters. The van der Waals surface area contributed by atoms with Crippen molar-refractivity contribution >= 4 is 22.6 Å². The highest BCUT2D eigenvalue weighted by molar-refractivity contribution is 6.35. The van der Waals surface area contributed by atoms with E-state index < -0.39 is 0 Å². The van der Waals surface area contributed by atoms with Crippen LogP contribution < -0.4 is 0 Å². The molecule has 2 rings (SSSR count). The molecule has 0 aliphatic rings. The van der Waals surface area contributed by atoms with Crippen molar-refractivity contribution in [1.29, 1.82) is 0 Å². The summed E-state index contributed by atoms with van der Waals surface area (Å²) < 4.78 is 0. The van der Waals surface area contributed by atoms with Crippen molar-refractivity contribution in [2.24, 2.45) is 0 Å². The monoisotopic (exact) mass is 166 g/mol. The number of fused-ring (bicyclic) bond motifs is 1. The van der Waals surface area contributed by atoms with Crippen molar-refractivity contribution in [3.63, 3.8) is 0 Å². The van der Waals surface area contributed by atoms with Crippen LogP contribution in [0.15, 0.2) is 18.3 Å². The summed E-state index contributed by atoms with van der Waals surface area (Å²) in [6, 6.07) is 3.92. The van der Waals surface area contributed by atoms with E-state index in [0.717, 1.165) is 21.7 Å². The zero-order valence-electron chi connectivity index (χ0n) is 6.06. The number of aromatic nitrogens is 2. The molecule has 2 aromatic heterocycles. The second-order valence-corrected chi connectivity index (χ2v) is 2.89. The smallest absolute Gasteiger partial charge is 0.139 e. The Bertz CT molecular complexity index is 392. The second kappa shape index (κ2) is 2.24. The molecule has 1 N–H and O–H groups in total. The summed E-state index contributed by atoms with van der Waals surface area (Å²) in [5, 5.41) is 1.71. The van der Waals surface area contributed by atoms with Gasteiger partial charge in [0.1, 0.15) is 5.65 Å². The molecular formula is C8H7ClN2. The van der Waals surface area contributed by atoms with Crippen LogP contribution in [-0.4, -0.2) is 9.97 Å². The molecule has 0 saturated heterocycles. The third-order valence-electron chi connectivity index (χ3n) is 1.63. The van der Waals surface area contributed by atoms with Gasteiger partial charge in [0, 0.05) is 17.3 Å². The second-order valence-electron chi connectivity index (χ2n) is 2.49. The van der Waals surface area contributed by atoms with E-state index in [-0.39, 0.29) is 0 Å². The average molecular weight is 167 g/mol. The van der Waals surface area contributed by atoms with Crippen LogP contribution in [0, 0.1) is 6.92 Å². The number of halogens is 1. The molecule has 0 saturated carbocycles. The van der Waals surface area contributed by atoms with Crippen LogP contribution >= 0.6 is 11.6 Å². The highest BCUT2D eigenvalue weighted by atomic mass is 35.5. The number of nitrogens with one attached hydrogen (secondary N) is 1. The van der Waals surface area contributed by atoms with Crippen LogP contribution in [0.2, 0.25) is 5.02 Å². The molecule has 0 fully saturated rings. The molecule has 2 aromatic rings. The summed E-state index contributed by atoms with van der Waals surface area (Å²) >= 11 is 5.85. The van der Waals surface area contributed by atoms with Crippen LogP contribution in [0.1, 0.15) is 5.69 Å². The first-order chi connectivity index (χ1) is 5.27. The predicted octanol–water partition coefficient (Wildman–Crippen LogP) is 2.52. The van der Waals surface area contributed by atoms with Gasteiger partial charge in [-0.1, -0.05) is 11.6 Å². The average Bonchev–Trinajstić information content (AvgIpc) is 2.32. The predicted molar refractivity (Wildman–Crippen MR) is 45.8 cm³/mol. The number of hydrogen-bond acceptors (Lipinski definition) is 1. The zero-order chi connectivity index (χ0) is 7.84. The third-order valence-corrected chi connectivity index (χ3v) is 1.94. The molecule has 0 radical (unpaired) electrons. The van der Waals surface area contributed by atoms with Gasteiger partial charge in [0.2, 0.25) is 0 Å². The number of pyridine rings is 1. The Balaban J connectivity index is 2.86. The maximum Gasteiger partial charge on any atom is 0.139 e. The minimum Gasteiger partial charge on any atom is -0.345 e. The SMILES string of the molecule is Cc1ccc2c(Cl)c[nH]c2n1. The highest BCUT2D eigenvalue weighted by Crippen LogP contribution is 2.20. The largest absolute Gasteiger partial charge is 0.345 e. The Morgan fingerprint density at radius 3 is 3.09 bits per heavy atom. The van der Waals surface area contributed by atoms with E-state index >= 15 is 0 Å². The van der Waals surface area contributed by atoms with Crippen molar-refractivity contribution in [1.82, 2.24) is 9.97 Å². The molecule has 56 valence electrons. The van der Waals surface area contributed by atoms with Gasteiger partial charge in [-0.15, -0.1) is 0 Å². The Labute approximate surface area is 69.2 Å². The van der Waals surface area contributed by atoms with Crippen LogP contribution in [0.3, 0.4) is 0 Å². The van der Waals surface area contributed by atoms with Crippen LogP contribution in [0.5, 0.6) is 0 Å². The van der Waals surface area contributed by atoms with E-state index in [0.29, 0.717) is 0 Å². The molecule has 3 heteroatoms. The lowest BCUT2D eigenvalue weighted by molar-refractivity contribution is 1.22. The summed E-state index contributed by atoms with van der Waals surface area (Å²) in [6.07, 6.45) is 1.75. The van der Waals surface area contributed by atoms with Gasteiger partial charge in [0.15, 0.2) is 0 Å². The molecule has 0 spiro atoms. The molecule has 2 nitrogen and oxygen atoms in total. The van der Waals surface area contributed by atoms with Gasteiger partial charge >= 0.3 is 0 Å². The van der Waals surface area contributed by atoms with E-state index in [9.17, 15) is 0 Å². The minimum atomic E-state index is 0.729. The maximum absolute atomic E-state index is 5.85. The van der Waals surface area contributed by atoms with Crippen molar-refractivity contribution < 1.29 is 0 Å². The maximum atomic E-state index is 5.85. The zero-order valence-corrected chi connectivity index (χ0v) is 6.81. The van der Waals surface area contributed by atoms with Crippen LogP contribution in [-0.2, 0) is 0 Å². The standard InChI is InChI=1S/C8H7ClN2/c1-5-2-3-6-7(9)4-10-8(6)11-5/h2-4H,1H3,(H,10,11). The van der Waals surface area contributed by atoms with Gasteiger partial charge < -0.3 is 4.98 Å². The topological polar surface area (TPSA) is 28.7 Å². The van der Waals surface area contributed by atoms with Crippen molar-refractivity contribution in [2.75, 3.05) is 0 Å². The van der Waals surface area contributed by atoms with Gasteiger partial charge in [0.05, 0.1) is 5.02 Å². The Morgan fingerprint density at radius 1 is 1.45 bits per heavy atom. The molecular weight excluding hydrogens is 160 g/mol. The number of aryl methyl sites for hydroxylation is 1. The van der Waals surface area contributed by atoms with Crippen molar-refractivity contribution in [3.05, 3.63) is 29.0 Å². The van der Waals surface area contributed by atoms with Gasteiger partial charge in [0.25, 0.3) is 0 Å². The van der Waals surface area contributed by atoms with E-state index in [1.807, 2.05) is 19.1 Å². The molecule has 11 heavy (non-hydrogen) atoms. The van der Waals surface area contributed by atoms with Gasteiger partial charge in [-0.3, -0.25) is 0 Å². The van der Waals surface area contributed by atoms with Gasteiger partial charge in [-0.25, -0.2) is 4.98 Å². The van der Waals surface area contributed by atoms with Crippen molar-refractivity contribution in [3.8, 4) is 0 Å². The number of hydrogen-bond donors (Lipinski definition) is 1. The third kappa shape index (κ3) is 0.994. The minimum absolute atomic E-state index is 0.729. The molecule has 0 atom stereocenters. The quantitative estimate of drug-likeness (QED) is 0.640. The normalized spacial score (nSPS) is 10.7. The Kier molecular flexibility index (Phi) is 1.36. The lowest BCUT2D eigenvalue weighted by Crippen LogP contribution is -1.79. The van der Waals surface area contributed by atoms with Crippen LogP contribution in [0.25, 0.3) is 11.0 Å². The Hall–Kier alpha value is -1.02. The summed E-state index contributed by atoms with van der Waals surface area (Å²) in [4.78, 5) is 7.24. The number of H-pyrrole nitrogens is 1. The summed E-state index contributed by atoms with van der Waals surface area (Å²) in [5.41, 5.74) is 1.85. The lowest BCUT2D eigenvalue weighted by Gasteiger charge is -1.90. The van der Waals surface area contributed by atoms with E-state index in [1.165, 1.54) is 0 Å². The number of nitrogens with zero attached hydrogens (tertiary/aromatic N) is 1. The van der Waals surface area contributed by atoms with E-state index in [2.05, 4.69) is 9.97 Å². The number of aromatic amines is 1. The molecule has 0 bridgehead atoms. The first-order valence-corrected chi connectivity index (χ1v) is 3.75. The highest BCUT2D eigenvalue weighted by Gasteiger charge is 2.00. The first-order valence-electron chi connectivity index (χ1n) is 3.37. The number of rotatable bonds is 0.